The van der Waals surface area contributed by atoms with E-state index in [2.05, 4.69) is 5.43 Å². The molecule has 0 atom stereocenters. The summed E-state index contributed by atoms with van der Waals surface area (Å²) in [6, 6.07) is 5.97. The zero-order chi connectivity index (χ0) is 8.97. The molecule has 3 N–H and O–H groups in total. The molecule has 0 spiro atoms. The van der Waals surface area contributed by atoms with Gasteiger partial charge in [-0.2, -0.15) is 0 Å². The number of halogens is 1. The number of thioether (sulfide) groups is 1. The molecule has 4 heteroatoms. The van der Waals surface area contributed by atoms with Crippen LogP contribution in [-0.4, -0.2) is 6.26 Å². The maximum atomic E-state index is 5.68. The molecule has 0 aliphatic heterocycles. The topological polar surface area (TPSA) is 38.0 Å². The second-order valence-electron chi connectivity index (χ2n) is 2.31. The number of nitrogens with two attached hydrogens (primary N) is 1. The highest BCUT2D eigenvalue weighted by Crippen LogP contribution is 2.25. The van der Waals surface area contributed by atoms with Gasteiger partial charge in [0.05, 0.1) is 5.69 Å². The molecule has 1 aromatic carbocycles. The molecule has 0 amide bonds. The maximum Gasteiger partial charge on any atom is 0.0624 e. The number of rotatable bonds is 3. The summed E-state index contributed by atoms with van der Waals surface area (Å²) in [5, 5.41) is 0. The van der Waals surface area contributed by atoms with E-state index >= 15 is 0 Å². The number of alkyl halides is 1. The minimum atomic E-state index is 0.517. The lowest BCUT2D eigenvalue weighted by molar-refractivity contribution is 1.26. The Hall–Kier alpha value is -0.380. The van der Waals surface area contributed by atoms with Crippen LogP contribution >= 0.6 is 23.4 Å². The Bertz CT molecular complexity index is 265. The summed E-state index contributed by atoms with van der Waals surface area (Å²) in [6.45, 7) is 0. The highest BCUT2D eigenvalue weighted by molar-refractivity contribution is 7.98. The third-order valence-corrected chi connectivity index (χ3v) is 2.68. The molecule has 0 unspecified atom stereocenters. The highest BCUT2D eigenvalue weighted by atomic mass is 35.5. The number of nitrogen functional groups attached to an aromatic ring is 1. The van der Waals surface area contributed by atoms with Gasteiger partial charge in [0.2, 0.25) is 0 Å². The van der Waals surface area contributed by atoms with Crippen LogP contribution in [0.2, 0.25) is 0 Å². The van der Waals surface area contributed by atoms with Crippen molar-refractivity contribution in [1.29, 1.82) is 0 Å². The van der Waals surface area contributed by atoms with Gasteiger partial charge in [-0.1, -0.05) is 6.07 Å². The summed E-state index contributed by atoms with van der Waals surface area (Å²) < 4.78 is 0. The molecule has 2 nitrogen and oxygen atoms in total. The van der Waals surface area contributed by atoms with Crippen LogP contribution in [0.3, 0.4) is 0 Å². The normalized spacial score (nSPS) is 9.92. The van der Waals surface area contributed by atoms with Crippen molar-refractivity contribution in [2.24, 2.45) is 5.84 Å². The van der Waals surface area contributed by atoms with Gasteiger partial charge in [0.1, 0.15) is 0 Å². The number of benzene rings is 1. The van der Waals surface area contributed by atoms with Crippen LogP contribution in [0, 0.1) is 0 Å². The lowest BCUT2D eigenvalue weighted by Crippen LogP contribution is -2.07. The Morgan fingerprint density at radius 1 is 1.58 bits per heavy atom. The van der Waals surface area contributed by atoms with Crippen LogP contribution in [0.15, 0.2) is 23.1 Å². The number of hydrogen-bond donors (Lipinski definition) is 2. The van der Waals surface area contributed by atoms with Crippen molar-refractivity contribution in [1.82, 2.24) is 0 Å². The minimum absolute atomic E-state index is 0.517. The first-order valence-corrected chi connectivity index (χ1v) is 5.27. The van der Waals surface area contributed by atoms with Crippen molar-refractivity contribution in [2.45, 2.75) is 10.8 Å². The lowest BCUT2D eigenvalue weighted by atomic mass is 10.2. The first kappa shape index (κ1) is 9.71. The van der Waals surface area contributed by atoms with Crippen molar-refractivity contribution in [3.63, 3.8) is 0 Å². The number of hydrazine groups is 1. The van der Waals surface area contributed by atoms with Crippen LogP contribution in [0.5, 0.6) is 0 Å². The molecule has 0 saturated heterocycles. The van der Waals surface area contributed by atoms with Gasteiger partial charge in [-0.05, 0) is 24.0 Å². The second-order valence-corrected chi connectivity index (χ2v) is 3.43. The molecule has 0 aliphatic carbocycles. The average molecular weight is 203 g/mol. The fraction of sp³-hybridized carbons (Fsp3) is 0.250. The van der Waals surface area contributed by atoms with Gasteiger partial charge in [-0.15, -0.1) is 23.4 Å². The van der Waals surface area contributed by atoms with Gasteiger partial charge < -0.3 is 5.43 Å². The molecule has 0 saturated carbocycles. The summed E-state index contributed by atoms with van der Waals surface area (Å²) in [6.07, 6.45) is 2.01. The molecule has 0 aromatic heterocycles. The van der Waals surface area contributed by atoms with Crippen LogP contribution < -0.4 is 11.3 Å². The Morgan fingerprint density at radius 3 is 2.83 bits per heavy atom. The van der Waals surface area contributed by atoms with Gasteiger partial charge in [0.15, 0.2) is 0 Å². The Kier molecular flexibility index (Phi) is 3.72. The molecule has 1 aromatic rings. The van der Waals surface area contributed by atoms with Crippen LogP contribution in [0.1, 0.15) is 5.56 Å². The first-order chi connectivity index (χ1) is 5.81. The molecular weight excluding hydrogens is 192 g/mol. The zero-order valence-electron chi connectivity index (χ0n) is 6.80. The van der Waals surface area contributed by atoms with Crippen molar-refractivity contribution < 1.29 is 0 Å². The third kappa shape index (κ3) is 2.06. The molecule has 0 aliphatic rings. The van der Waals surface area contributed by atoms with E-state index in [1.807, 2.05) is 24.5 Å². The summed E-state index contributed by atoms with van der Waals surface area (Å²) in [7, 11) is 0. The highest BCUT2D eigenvalue weighted by Gasteiger charge is 2.00. The average Bonchev–Trinajstić information content (AvgIpc) is 2.16. The standard InChI is InChI=1S/C8H11ClN2S/c1-12-8-3-2-6(5-9)4-7(8)11-10/h2-4,11H,5,10H2,1H3. The summed E-state index contributed by atoms with van der Waals surface area (Å²) in [5.41, 5.74) is 4.64. The van der Waals surface area contributed by atoms with E-state index in [0.717, 1.165) is 16.1 Å². The van der Waals surface area contributed by atoms with Gasteiger partial charge in [0.25, 0.3) is 0 Å². The van der Waals surface area contributed by atoms with Gasteiger partial charge in [-0.25, -0.2) is 0 Å². The number of hydrogen-bond acceptors (Lipinski definition) is 3. The smallest absolute Gasteiger partial charge is 0.0624 e. The summed E-state index contributed by atoms with van der Waals surface area (Å²) in [5.74, 6) is 5.86. The van der Waals surface area contributed by atoms with Crippen molar-refractivity contribution in [2.75, 3.05) is 11.7 Å². The fourth-order valence-corrected chi connectivity index (χ4v) is 1.66. The molecule has 66 valence electrons. The summed E-state index contributed by atoms with van der Waals surface area (Å²) >= 11 is 7.33. The second kappa shape index (κ2) is 4.60. The van der Waals surface area contributed by atoms with Gasteiger partial charge in [0, 0.05) is 10.8 Å². The lowest BCUT2D eigenvalue weighted by Gasteiger charge is -2.07. The predicted octanol–water partition coefficient (Wildman–Crippen LogP) is 2.43. The molecule has 0 fully saturated rings. The van der Waals surface area contributed by atoms with E-state index in [4.69, 9.17) is 17.4 Å². The van der Waals surface area contributed by atoms with E-state index in [1.54, 1.807) is 11.8 Å². The molecule has 1 rings (SSSR count). The third-order valence-electron chi connectivity index (χ3n) is 1.57. The largest absolute Gasteiger partial charge is 0.323 e. The maximum absolute atomic E-state index is 5.68. The van der Waals surface area contributed by atoms with Crippen LogP contribution in [-0.2, 0) is 5.88 Å². The SMILES string of the molecule is CSc1ccc(CCl)cc1NN. The van der Waals surface area contributed by atoms with Gasteiger partial charge in [-0.3, -0.25) is 5.84 Å². The van der Waals surface area contributed by atoms with E-state index in [1.165, 1.54) is 0 Å². The Labute approximate surface area is 81.4 Å². The van der Waals surface area contributed by atoms with Crippen molar-refractivity contribution in [3.05, 3.63) is 23.8 Å². The van der Waals surface area contributed by atoms with E-state index in [-0.39, 0.29) is 0 Å². The van der Waals surface area contributed by atoms with Crippen LogP contribution in [0.4, 0.5) is 5.69 Å². The number of nitrogens with one attached hydrogen (secondary N) is 1. The van der Waals surface area contributed by atoms with E-state index in [9.17, 15) is 0 Å². The Morgan fingerprint density at radius 2 is 2.33 bits per heavy atom. The Balaban J connectivity index is 3.02. The van der Waals surface area contributed by atoms with E-state index < -0.39 is 0 Å². The fourth-order valence-electron chi connectivity index (χ4n) is 0.951. The summed E-state index contributed by atoms with van der Waals surface area (Å²) in [4.78, 5) is 1.13. The van der Waals surface area contributed by atoms with Crippen molar-refractivity contribution >= 4 is 29.1 Å². The van der Waals surface area contributed by atoms with Crippen LogP contribution in [0.25, 0.3) is 0 Å². The monoisotopic (exact) mass is 202 g/mol. The minimum Gasteiger partial charge on any atom is -0.323 e. The number of anilines is 1. The van der Waals surface area contributed by atoms with Crippen molar-refractivity contribution in [3.8, 4) is 0 Å². The quantitative estimate of drug-likeness (QED) is 0.342. The molecule has 0 radical (unpaired) electrons. The molecule has 0 heterocycles. The van der Waals surface area contributed by atoms with E-state index in [0.29, 0.717) is 5.88 Å². The predicted molar refractivity (Wildman–Crippen MR) is 55.6 cm³/mol. The first-order valence-electron chi connectivity index (χ1n) is 3.51. The van der Waals surface area contributed by atoms with Gasteiger partial charge >= 0.3 is 0 Å². The molecular formula is C8H11ClN2S. The zero-order valence-corrected chi connectivity index (χ0v) is 8.38. The molecule has 12 heavy (non-hydrogen) atoms. The molecule has 0 bridgehead atoms.